The predicted octanol–water partition coefficient (Wildman–Crippen LogP) is 3.61. The summed E-state index contributed by atoms with van der Waals surface area (Å²) in [5.41, 5.74) is -5.65. The van der Waals surface area contributed by atoms with Crippen LogP contribution in [0.1, 0.15) is 9.75 Å². The third-order valence-electron chi connectivity index (χ3n) is 1.64. The average Bonchev–Trinajstić information content (AvgIpc) is 2.73. The molecule has 1 aliphatic rings. The third-order valence-corrected chi connectivity index (χ3v) is 7.63. The topological polar surface area (TPSA) is 57.2 Å². The highest BCUT2D eigenvalue weighted by Crippen LogP contribution is 2.43. The Balaban J connectivity index is 0.000000187. The van der Waals surface area contributed by atoms with Crippen LogP contribution in [0.15, 0.2) is 3.52 Å². The summed E-state index contributed by atoms with van der Waals surface area (Å²) in [6, 6.07) is 0. The van der Waals surface area contributed by atoms with Gasteiger partial charge in [0.2, 0.25) is 0 Å². The minimum atomic E-state index is -6.09. The van der Waals surface area contributed by atoms with Crippen molar-refractivity contribution in [2.24, 2.45) is 0 Å². The van der Waals surface area contributed by atoms with E-state index < -0.39 is 15.6 Å². The maximum Gasteiger partial charge on any atom is 0.485 e. The number of fused-ring (bicyclic) bond motifs is 1. The molecule has 11 heteroatoms. The molecule has 0 radical (unpaired) electrons. The largest absolute Gasteiger partial charge is 0.741 e. The molecule has 0 saturated heterocycles. The van der Waals surface area contributed by atoms with Crippen LogP contribution >= 0.6 is 46.2 Å². The van der Waals surface area contributed by atoms with Crippen LogP contribution < -0.4 is 0 Å². The van der Waals surface area contributed by atoms with E-state index in [1.807, 2.05) is 46.2 Å². The Bertz CT molecular complexity index is 485. The van der Waals surface area contributed by atoms with Crippen molar-refractivity contribution in [1.29, 1.82) is 0 Å². The molecular weight excluding hydrogens is 349 g/mol. The zero-order valence-electron chi connectivity index (χ0n) is 8.81. The van der Waals surface area contributed by atoms with Gasteiger partial charge in [0.05, 0.1) is 34.2 Å². The zero-order chi connectivity index (χ0) is 14.0. The minimum absolute atomic E-state index is 1.26. The van der Waals surface area contributed by atoms with Gasteiger partial charge in [-0.15, -0.1) is 11.8 Å². The molecule has 2 rings (SSSR count). The molecule has 1 aromatic heterocycles. The van der Waals surface area contributed by atoms with Crippen molar-refractivity contribution in [3.8, 4) is 0 Å². The van der Waals surface area contributed by atoms with E-state index in [4.69, 9.17) is 13.0 Å². The fourth-order valence-electron chi connectivity index (χ4n) is 0.876. The smallest absolute Gasteiger partial charge is 0.485 e. The van der Waals surface area contributed by atoms with Gasteiger partial charge in [-0.3, -0.25) is 0 Å². The summed E-state index contributed by atoms with van der Waals surface area (Å²) >= 11 is 7.89. The Morgan fingerprint density at radius 2 is 1.94 bits per heavy atom. The van der Waals surface area contributed by atoms with Gasteiger partial charge >= 0.3 is 9.03 Å². The lowest BCUT2D eigenvalue weighted by Crippen LogP contribution is -2.21. The van der Waals surface area contributed by atoms with Gasteiger partial charge in [-0.2, -0.15) is 13.2 Å². The second-order valence-electron chi connectivity index (χ2n) is 2.90. The van der Waals surface area contributed by atoms with Crippen LogP contribution in [0.4, 0.5) is 13.2 Å². The summed E-state index contributed by atoms with van der Waals surface area (Å²) in [5.74, 6) is 2.52. The lowest BCUT2D eigenvalue weighted by Gasteiger charge is -2.08. The first kappa shape index (κ1) is 16.5. The first-order chi connectivity index (χ1) is 8.15. The molecule has 0 spiro atoms. The number of alkyl halides is 3. The SMILES string of the molecule is CSc1sc2c([s+]1)CSC2.O=S(=O)([O-])C(F)(F)F. The highest BCUT2D eigenvalue weighted by atomic mass is 32.2. The van der Waals surface area contributed by atoms with Gasteiger partial charge in [-0.25, -0.2) is 8.42 Å². The van der Waals surface area contributed by atoms with Crippen molar-refractivity contribution < 1.29 is 26.1 Å². The van der Waals surface area contributed by atoms with Gasteiger partial charge in [0.25, 0.3) is 0 Å². The van der Waals surface area contributed by atoms with Gasteiger partial charge in [0.15, 0.2) is 19.9 Å². The fourth-order valence-corrected chi connectivity index (χ4v) is 5.92. The van der Waals surface area contributed by atoms with Crippen molar-refractivity contribution in [2.75, 3.05) is 6.26 Å². The van der Waals surface area contributed by atoms with Gasteiger partial charge in [0, 0.05) is 0 Å². The van der Waals surface area contributed by atoms with Gasteiger partial charge in [-0.1, -0.05) is 11.8 Å². The number of hydrogen-bond acceptors (Lipinski definition) is 6. The maximum absolute atomic E-state index is 10.7. The molecule has 0 saturated carbocycles. The summed E-state index contributed by atoms with van der Waals surface area (Å²) in [6.07, 6.45) is 2.16. The molecule has 0 N–H and O–H groups in total. The molecule has 1 aromatic rings. The molecule has 104 valence electrons. The fraction of sp³-hybridized carbons (Fsp3) is 0.571. The van der Waals surface area contributed by atoms with Crippen molar-refractivity contribution in [3.63, 3.8) is 0 Å². The van der Waals surface area contributed by atoms with E-state index in [0.717, 1.165) is 0 Å². The predicted molar refractivity (Wildman–Crippen MR) is 69.1 cm³/mol. The first-order valence-corrected chi connectivity index (χ1v) is 9.66. The standard InChI is InChI=1S/C6H7S4.CHF3O3S/c1-7-6-9-4-2-8-3-5(4)10-6;2-1(3,4)8(5,6)7/h2-3H2,1H3;(H,5,6,7)/q+1;/p-1. The maximum atomic E-state index is 10.7. The van der Waals surface area contributed by atoms with Crippen molar-refractivity contribution in [2.45, 2.75) is 20.5 Å². The van der Waals surface area contributed by atoms with Crippen LogP contribution in [0, 0.1) is 0 Å². The molecule has 1 aliphatic heterocycles. The number of halogens is 3. The summed E-state index contributed by atoms with van der Waals surface area (Å²) in [4.78, 5) is 3.25. The normalized spacial score (nSPS) is 14.9. The molecule has 0 atom stereocenters. The number of thioether (sulfide) groups is 2. The summed E-state index contributed by atoms with van der Waals surface area (Å²) in [6.45, 7) is 0. The van der Waals surface area contributed by atoms with Crippen LogP contribution in [0.5, 0.6) is 0 Å². The molecule has 0 aliphatic carbocycles. The Morgan fingerprint density at radius 1 is 1.39 bits per heavy atom. The van der Waals surface area contributed by atoms with Gasteiger partial charge in [-0.05, 0) is 6.26 Å². The minimum Gasteiger partial charge on any atom is -0.741 e. The zero-order valence-corrected chi connectivity index (χ0v) is 12.9. The molecule has 0 fully saturated rings. The number of rotatable bonds is 1. The lowest BCUT2D eigenvalue weighted by molar-refractivity contribution is -0.0517. The quantitative estimate of drug-likeness (QED) is 0.333. The number of hydrogen-bond donors (Lipinski definition) is 0. The first-order valence-electron chi connectivity index (χ1n) is 4.23. The molecule has 0 unspecified atom stereocenters. The monoisotopic (exact) mass is 356 g/mol. The van der Waals surface area contributed by atoms with Crippen LogP contribution in [0.3, 0.4) is 0 Å². The highest BCUT2D eigenvalue weighted by Gasteiger charge is 2.36. The summed E-state index contributed by atoms with van der Waals surface area (Å²) in [7, 11) is -6.09. The third kappa shape index (κ3) is 4.53. The molecule has 0 amide bonds. The van der Waals surface area contributed by atoms with E-state index >= 15 is 0 Å². The van der Waals surface area contributed by atoms with E-state index in [-0.39, 0.29) is 0 Å². The Hall–Kier alpha value is 0.450. The van der Waals surface area contributed by atoms with E-state index in [2.05, 4.69) is 6.26 Å². The summed E-state index contributed by atoms with van der Waals surface area (Å²) in [5, 5.41) is 0. The van der Waals surface area contributed by atoms with Crippen LogP contribution in [0.25, 0.3) is 0 Å². The second kappa shape index (κ2) is 6.27. The van der Waals surface area contributed by atoms with Gasteiger partial charge < -0.3 is 4.55 Å². The Kier molecular flexibility index (Phi) is 5.75. The lowest BCUT2D eigenvalue weighted by atomic mass is 10.5. The highest BCUT2D eigenvalue weighted by molar-refractivity contribution is 8.03. The van der Waals surface area contributed by atoms with Crippen LogP contribution in [-0.4, -0.2) is 24.7 Å². The van der Waals surface area contributed by atoms with E-state index in [9.17, 15) is 13.2 Å². The van der Waals surface area contributed by atoms with E-state index in [1.165, 1.54) is 15.0 Å². The van der Waals surface area contributed by atoms with Crippen molar-refractivity contribution >= 4 is 56.3 Å². The molecule has 0 aromatic carbocycles. The molecule has 18 heavy (non-hydrogen) atoms. The van der Waals surface area contributed by atoms with E-state index in [0.29, 0.717) is 0 Å². The summed E-state index contributed by atoms with van der Waals surface area (Å²) < 4.78 is 60.4. The van der Waals surface area contributed by atoms with E-state index in [1.54, 1.807) is 9.75 Å². The molecule has 0 bridgehead atoms. The van der Waals surface area contributed by atoms with Crippen molar-refractivity contribution in [3.05, 3.63) is 9.75 Å². The van der Waals surface area contributed by atoms with Gasteiger partial charge in [0.1, 0.15) is 0 Å². The average molecular weight is 356 g/mol. The van der Waals surface area contributed by atoms with Crippen LogP contribution in [-0.2, 0) is 21.6 Å². The Labute approximate surface area is 119 Å². The second-order valence-corrected chi connectivity index (χ2v) is 9.06. The molecule has 3 nitrogen and oxygen atoms in total. The Morgan fingerprint density at radius 3 is 2.33 bits per heavy atom. The van der Waals surface area contributed by atoms with Crippen LogP contribution in [0.2, 0.25) is 0 Å². The molecular formula is C7H7F3O3S5. The van der Waals surface area contributed by atoms with Crippen molar-refractivity contribution in [1.82, 2.24) is 0 Å². The molecule has 2 heterocycles.